The van der Waals surface area contributed by atoms with Crippen molar-refractivity contribution >= 4 is 5.97 Å². The quantitative estimate of drug-likeness (QED) is 0.283. The molecule has 0 spiro atoms. The minimum absolute atomic E-state index is 0.240. The monoisotopic (exact) mass is 485 g/mol. The van der Waals surface area contributed by atoms with Gasteiger partial charge in [0.1, 0.15) is 29.1 Å². The van der Waals surface area contributed by atoms with Gasteiger partial charge in [0.25, 0.3) is 0 Å². The summed E-state index contributed by atoms with van der Waals surface area (Å²) in [5, 5.41) is 0. The standard InChI is InChI=1S/C29H29N2O5/c1-19(2)34-29(32)27(30)21-10-9-13-23(18-21)33-17-16-25-20(3)35-28(31-25)24-14-7-8-15-26(24)36-22-11-5-4-6-12-22/h4-15,19,27H,16-17,30H2,1-3H3. The molecule has 4 rings (SSSR count). The molecule has 4 aromatic rings. The number of hydrogen-bond donors (Lipinski definition) is 1. The second-order valence-electron chi connectivity index (χ2n) is 8.47. The maximum Gasteiger partial charge on any atom is 0.327 e. The topological polar surface area (TPSA) is 96.8 Å². The molecule has 1 aromatic heterocycles. The van der Waals surface area contributed by atoms with E-state index in [9.17, 15) is 4.79 Å². The zero-order valence-electron chi connectivity index (χ0n) is 20.6. The van der Waals surface area contributed by atoms with E-state index in [1.54, 1.807) is 32.0 Å². The van der Waals surface area contributed by atoms with Crippen LogP contribution >= 0.6 is 0 Å². The first-order valence-corrected chi connectivity index (χ1v) is 11.8. The molecule has 1 heterocycles. The molecule has 7 nitrogen and oxygen atoms in total. The van der Waals surface area contributed by atoms with Crippen molar-refractivity contribution in [3.8, 4) is 28.7 Å². The van der Waals surface area contributed by atoms with Crippen LogP contribution in [0.4, 0.5) is 0 Å². The van der Waals surface area contributed by atoms with Gasteiger partial charge in [-0.05, 0) is 56.7 Å². The first-order chi connectivity index (χ1) is 17.4. The lowest BCUT2D eigenvalue weighted by Gasteiger charge is -2.14. The first kappa shape index (κ1) is 25.0. The number of hydrogen-bond acceptors (Lipinski definition) is 7. The van der Waals surface area contributed by atoms with Gasteiger partial charge in [-0.15, -0.1) is 0 Å². The van der Waals surface area contributed by atoms with Crippen molar-refractivity contribution in [1.82, 2.24) is 4.98 Å². The lowest BCUT2D eigenvalue weighted by atomic mass is 10.1. The second kappa shape index (κ2) is 11.6. The summed E-state index contributed by atoms with van der Waals surface area (Å²) in [4.78, 5) is 16.8. The van der Waals surface area contributed by atoms with Crippen LogP contribution in [0.1, 0.15) is 36.9 Å². The van der Waals surface area contributed by atoms with E-state index in [0.717, 1.165) is 17.0 Å². The molecule has 0 saturated carbocycles. The summed E-state index contributed by atoms with van der Waals surface area (Å²) in [6.45, 7) is 5.78. The van der Waals surface area contributed by atoms with E-state index in [0.29, 0.717) is 41.7 Å². The lowest BCUT2D eigenvalue weighted by molar-refractivity contribution is -0.149. The zero-order chi connectivity index (χ0) is 25.5. The van der Waals surface area contributed by atoms with E-state index in [2.05, 4.69) is 6.07 Å². The van der Waals surface area contributed by atoms with E-state index in [-0.39, 0.29) is 6.10 Å². The molecule has 0 fully saturated rings. The molecule has 0 amide bonds. The number of aryl methyl sites for hydroxylation is 1. The molecule has 3 aromatic carbocycles. The summed E-state index contributed by atoms with van der Waals surface area (Å²) in [6.07, 6.45) is 0.284. The molecule has 185 valence electrons. The normalized spacial score (nSPS) is 11.8. The number of ether oxygens (including phenoxy) is 3. The van der Waals surface area contributed by atoms with Crippen LogP contribution in [0.25, 0.3) is 11.5 Å². The smallest absolute Gasteiger partial charge is 0.327 e. The van der Waals surface area contributed by atoms with Crippen molar-refractivity contribution in [3.05, 3.63) is 95.9 Å². The third kappa shape index (κ3) is 6.31. The molecule has 7 heteroatoms. The Hall–Kier alpha value is -4.10. The van der Waals surface area contributed by atoms with E-state index in [1.165, 1.54) is 0 Å². The molecule has 36 heavy (non-hydrogen) atoms. The van der Waals surface area contributed by atoms with Crippen LogP contribution in [0, 0.1) is 13.0 Å². The van der Waals surface area contributed by atoms with Gasteiger partial charge in [-0.2, -0.15) is 0 Å². The van der Waals surface area contributed by atoms with E-state index in [1.807, 2.05) is 61.5 Å². The number of nitrogens with two attached hydrogens (primary N) is 1. The largest absolute Gasteiger partial charge is 0.493 e. The van der Waals surface area contributed by atoms with Gasteiger partial charge in [0, 0.05) is 12.5 Å². The summed E-state index contributed by atoms with van der Waals surface area (Å²) in [6, 6.07) is 24.6. The van der Waals surface area contributed by atoms with Gasteiger partial charge in [0.15, 0.2) is 0 Å². The van der Waals surface area contributed by atoms with Crippen LogP contribution in [0.5, 0.6) is 17.2 Å². The molecule has 1 radical (unpaired) electrons. The highest BCUT2D eigenvalue weighted by atomic mass is 16.5. The van der Waals surface area contributed by atoms with Crippen molar-refractivity contribution in [3.63, 3.8) is 0 Å². The Balaban J connectivity index is 1.41. The predicted octanol–water partition coefficient (Wildman–Crippen LogP) is 5.82. The number of nitrogens with zero attached hydrogens (tertiary/aromatic N) is 1. The SMILES string of the molecule is Cc1oc(-c2ccccc2Oc2ccccc2)nc1CCOc1[c]c(C(N)C(=O)OC(C)C)ccc1. The lowest BCUT2D eigenvalue weighted by Crippen LogP contribution is -2.26. The van der Waals surface area contributed by atoms with Gasteiger partial charge in [-0.25, -0.2) is 9.78 Å². The fourth-order valence-electron chi connectivity index (χ4n) is 3.54. The van der Waals surface area contributed by atoms with Gasteiger partial charge in [0.2, 0.25) is 5.89 Å². The number of rotatable bonds is 10. The molecule has 0 saturated heterocycles. The van der Waals surface area contributed by atoms with Crippen LogP contribution in [-0.4, -0.2) is 23.7 Å². The van der Waals surface area contributed by atoms with Crippen LogP contribution in [-0.2, 0) is 16.0 Å². The molecule has 0 aliphatic carbocycles. The third-order valence-electron chi connectivity index (χ3n) is 5.31. The summed E-state index contributed by atoms with van der Waals surface area (Å²) < 4.78 is 23.1. The van der Waals surface area contributed by atoms with Gasteiger partial charge >= 0.3 is 5.97 Å². The Bertz CT molecular complexity index is 1300. The molecule has 1 atom stereocenters. The van der Waals surface area contributed by atoms with Crippen molar-refractivity contribution in [2.45, 2.75) is 39.3 Å². The summed E-state index contributed by atoms with van der Waals surface area (Å²) in [5.41, 5.74) is 8.08. The number of carbonyl (C=O) groups excluding carboxylic acids is 1. The molecule has 0 aliphatic rings. The Morgan fingerprint density at radius 2 is 1.78 bits per heavy atom. The molecular weight excluding hydrogens is 456 g/mol. The Kier molecular flexibility index (Phi) is 8.02. The Morgan fingerprint density at radius 1 is 1.03 bits per heavy atom. The summed E-state index contributed by atoms with van der Waals surface area (Å²) in [7, 11) is 0. The van der Waals surface area contributed by atoms with Crippen LogP contribution < -0.4 is 15.2 Å². The number of oxazole rings is 1. The maximum absolute atomic E-state index is 12.1. The summed E-state index contributed by atoms with van der Waals surface area (Å²) in [5.74, 6) is 2.57. The fraction of sp³-hybridized carbons (Fsp3) is 0.241. The molecule has 2 N–H and O–H groups in total. The zero-order valence-corrected chi connectivity index (χ0v) is 20.6. The van der Waals surface area contributed by atoms with Gasteiger partial charge in [0.05, 0.1) is 24.0 Å². The minimum Gasteiger partial charge on any atom is -0.493 e. The highest BCUT2D eigenvalue weighted by Gasteiger charge is 2.20. The van der Waals surface area contributed by atoms with Gasteiger partial charge < -0.3 is 24.4 Å². The molecule has 0 bridgehead atoms. The number of aromatic nitrogens is 1. The fourth-order valence-corrected chi connectivity index (χ4v) is 3.54. The van der Waals surface area contributed by atoms with Crippen LogP contribution in [0.3, 0.4) is 0 Å². The first-order valence-electron chi connectivity index (χ1n) is 11.8. The van der Waals surface area contributed by atoms with E-state index >= 15 is 0 Å². The van der Waals surface area contributed by atoms with Crippen LogP contribution in [0.15, 0.2) is 77.2 Å². The van der Waals surface area contributed by atoms with Gasteiger partial charge in [-0.1, -0.05) is 42.5 Å². The number of esters is 1. The second-order valence-corrected chi connectivity index (χ2v) is 8.47. The predicted molar refractivity (Wildman–Crippen MR) is 136 cm³/mol. The molecule has 0 aliphatic heterocycles. The number of carbonyl (C=O) groups is 1. The Morgan fingerprint density at radius 3 is 2.56 bits per heavy atom. The van der Waals surface area contributed by atoms with Crippen LogP contribution in [0.2, 0.25) is 0 Å². The molecule has 1 unspecified atom stereocenters. The van der Waals surface area contributed by atoms with Crippen molar-refractivity contribution in [1.29, 1.82) is 0 Å². The average Bonchev–Trinajstić information content (AvgIpc) is 3.24. The minimum atomic E-state index is -0.922. The van der Waals surface area contributed by atoms with Crippen molar-refractivity contribution < 1.29 is 23.4 Å². The Labute approximate surface area is 210 Å². The highest BCUT2D eigenvalue weighted by Crippen LogP contribution is 2.33. The third-order valence-corrected chi connectivity index (χ3v) is 5.31. The van der Waals surface area contributed by atoms with E-state index < -0.39 is 12.0 Å². The van der Waals surface area contributed by atoms with Gasteiger partial charge in [-0.3, -0.25) is 0 Å². The van der Waals surface area contributed by atoms with E-state index in [4.69, 9.17) is 29.3 Å². The maximum atomic E-state index is 12.1. The number of benzene rings is 3. The van der Waals surface area contributed by atoms with Crippen molar-refractivity contribution in [2.24, 2.45) is 5.73 Å². The van der Waals surface area contributed by atoms with Crippen molar-refractivity contribution in [2.75, 3.05) is 6.61 Å². The highest BCUT2D eigenvalue weighted by molar-refractivity contribution is 5.77. The number of para-hydroxylation sites is 2. The molecular formula is C29H29N2O5. The summed E-state index contributed by atoms with van der Waals surface area (Å²) >= 11 is 0. The average molecular weight is 486 g/mol.